The number of hydrogen-bond acceptors (Lipinski definition) is 3. The number of hydrogen-bond donors (Lipinski definition) is 1. The molecule has 0 aliphatic carbocycles. The minimum Gasteiger partial charge on any atom is -0.494 e. The fraction of sp³-hybridized carbons (Fsp3) is 0.250. The zero-order valence-corrected chi connectivity index (χ0v) is 13.6. The Morgan fingerprint density at radius 2 is 1.90 bits per heavy atom. The van der Waals surface area contributed by atoms with Crippen LogP contribution in [0.25, 0.3) is 0 Å². The Balaban J connectivity index is 1.66. The lowest BCUT2D eigenvalue weighted by Gasteiger charge is -2.07. The summed E-state index contributed by atoms with van der Waals surface area (Å²) in [6.07, 6.45) is 1.02. The van der Waals surface area contributed by atoms with Crippen molar-refractivity contribution in [3.8, 4) is 5.75 Å². The Morgan fingerprint density at radius 1 is 1.10 bits per heavy atom. The van der Waals surface area contributed by atoms with Crippen molar-refractivity contribution >= 4 is 27.7 Å². The molecule has 0 aromatic heterocycles. The highest BCUT2D eigenvalue weighted by Gasteiger charge is 1.97. The van der Waals surface area contributed by atoms with E-state index in [-0.39, 0.29) is 0 Å². The van der Waals surface area contributed by atoms with Crippen molar-refractivity contribution in [2.45, 2.75) is 17.9 Å². The molecule has 2 rings (SSSR count). The molecular weight excluding hydrogens is 334 g/mol. The van der Waals surface area contributed by atoms with E-state index in [4.69, 9.17) is 10.5 Å². The first-order valence-electron chi connectivity index (χ1n) is 6.58. The van der Waals surface area contributed by atoms with Crippen LogP contribution in [-0.4, -0.2) is 12.4 Å². The zero-order chi connectivity index (χ0) is 14.2. The summed E-state index contributed by atoms with van der Waals surface area (Å²) in [5.74, 6) is 1.96. The molecule has 0 bridgehead atoms. The van der Waals surface area contributed by atoms with Crippen molar-refractivity contribution < 1.29 is 4.74 Å². The first-order chi connectivity index (χ1) is 9.78. The lowest BCUT2D eigenvalue weighted by atomic mass is 10.2. The Morgan fingerprint density at radius 3 is 2.60 bits per heavy atom. The summed E-state index contributed by atoms with van der Waals surface area (Å²) in [5, 5.41) is 0. The number of ether oxygens (including phenoxy) is 1. The highest BCUT2D eigenvalue weighted by molar-refractivity contribution is 9.10. The van der Waals surface area contributed by atoms with E-state index in [0.717, 1.165) is 34.6 Å². The van der Waals surface area contributed by atoms with Crippen molar-refractivity contribution in [3.63, 3.8) is 0 Å². The van der Waals surface area contributed by atoms with E-state index in [2.05, 4.69) is 34.1 Å². The van der Waals surface area contributed by atoms with Crippen LogP contribution in [0.4, 0.5) is 0 Å². The molecule has 0 spiro atoms. The van der Waals surface area contributed by atoms with Gasteiger partial charge in [0.05, 0.1) is 6.61 Å². The normalized spacial score (nSPS) is 10.5. The van der Waals surface area contributed by atoms with Crippen molar-refractivity contribution in [2.24, 2.45) is 5.73 Å². The van der Waals surface area contributed by atoms with Crippen LogP contribution in [-0.2, 0) is 6.54 Å². The monoisotopic (exact) mass is 351 g/mol. The quantitative estimate of drug-likeness (QED) is 0.590. The van der Waals surface area contributed by atoms with Gasteiger partial charge in [0.25, 0.3) is 0 Å². The standard InChI is InChI=1S/C16H18BrNOS/c17-14-3-1-4-16(11-14)20-10-2-9-19-15-7-5-13(12-18)6-8-15/h1,3-8,11H,2,9-10,12,18H2. The summed E-state index contributed by atoms with van der Waals surface area (Å²) in [6.45, 7) is 1.31. The molecule has 2 aromatic rings. The number of benzene rings is 2. The molecule has 0 saturated heterocycles. The maximum Gasteiger partial charge on any atom is 0.119 e. The second kappa shape index (κ2) is 8.35. The van der Waals surface area contributed by atoms with Gasteiger partial charge in [-0.3, -0.25) is 0 Å². The molecule has 106 valence electrons. The van der Waals surface area contributed by atoms with Gasteiger partial charge in [-0.2, -0.15) is 0 Å². The molecule has 0 saturated carbocycles. The van der Waals surface area contributed by atoms with E-state index >= 15 is 0 Å². The smallest absolute Gasteiger partial charge is 0.119 e. The lowest BCUT2D eigenvalue weighted by Crippen LogP contribution is -2.00. The Labute approximate surface area is 132 Å². The van der Waals surface area contributed by atoms with E-state index in [9.17, 15) is 0 Å². The fourth-order valence-electron chi connectivity index (χ4n) is 1.72. The summed E-state index contributed by atoms with van der Waals surface area (Å²) < 4.78 is 6.83. The van der Waals surface area contributed by atoms with Crippen molar-refractivity contribution in [2.75, 3.05) is 12.4 Å². The predicted octanol–water partition coefficient (Wildman–Crippen LogP) is 4.47. The number of thioether (sulfide) groups is 1. The molecule has 0 unspecified atom stereocenters. The van der Waals surface area contributed by atoms with Crippen molar-refractivity contribution in [3.05, 3.63) is 58.6 Å². The van der Waals surface area contributed by atoms with Gasteiger partial charge >= 0.3 is 0 Å². The third-order valence-corrected chi connectivity index (χ3v) is 4.35. The molecule has 0 radical (unpaired) electrons. The first-order valence-corrected chi connectivity index (χ1v) is 8.36. The fourth-order valence-corrected chi connectivity index (χ4v) is 3.15. The van der Waals surface area contributed by atoms with Crippen LogP contribution in [0.15, 0.2) is 57.9 Å². The predicted molar refractivity (Wildman–Crippen MR) is 89.3 cm³/mol. The lowest BCUT2D eigenvalue weighted by molar-refractivity contribution is 0.318. The number of rotatable bonds is 7. The molecule has 4 heteroatoms. The van der Waals surface area contributed by atoms with Gasteiger partial charge in [-0.1, -0.05) is 34.1 Å². The minimum atomic E-state index is 0.573. The van der Waals surface area contributed by atoms with Gasteiger partial charge in [0.1, 0.15) is 5.75 Å². The van der Waals surface area contributed by atoms with Crippen LogP contribution in [0.5, 0.6) is 5.75 Å². The SMILES string of the molecule is NCc1ccc(OCCCSc2cccc(Br)c2)cc1. The zero-order valence-electron chi connectivity index (χ0n) is 11.2. The average molecular weight is 352 g/mol. The van der Waals surface area contributed by atoms with Gasteiger partial charge in [-0.05, 0) is 42.3 Å². The maximum atomic E-state index is 5.70. The van der Waals surface area contributed by atoms with Gasteiger partial charge in [-0.25, -0.2) is 0 Å². The average Bonchev–Trinajstić information content (AvgIpc) is 2.48. The van der Waals surface area contributed by atoms with E-state index in [0.29, 0.717) is 6.54 Å². The molecule has 0 atom stereocenters. The van der Waals surface area contributed by atoms with Gasteiger partial charge in [-0.15, -0.1) is 11.8 Å². The summed E-state index contributed by atoms with van der Waals surface area (Å²) >= 11 is 5.33. The van der Waals surface area contributed by atoms with Crippen molar-refractivity contribution in [1.29, 1.82) is 0 Å². The third kappa shape index (κ3) is 5.19. The van der Waals surface area contributed by atoms with Crippen LogP contribution in [0.2, 0.25) is 0 Å². The van der Waals surface area contributed by atoms with Gasteiger partial charge in [0.2, 0.25) is 0 Å². The molecule has 20 heavy (non-hydrogen) atoms. The molecule has 0 heterocycles. The topological polar surface area (TPSA) is 35.2 Å². The van der Waals surface area contributed by atoms with Crippen LogP contribution >= 0.6 is 27.7 Å². The summed E-state index contributed by atoms with van der Waals surface area (Å²) in [6, 6.07) is 16.3. The van der Waals surface area contributed by atoms with Gasteiger partial charge in [0, 0.05) is 21.7 Å². The van der Waals surface area contributed by atoms with Crippen LogP contribution < -0.4 is 10.5 Å². The van der Waals surface area contributed by atoms with Gasteiger partial charge in [0.15, 0.2) is 0 Å². The molecule has 2 nitrogen and oxygen atoms in total. The largest absolute Gasteiger partial charge is 0.494 e. The second-order valence-electron chi connectivity index (χ2n) is 4.36. The van der Waals surface area contributed by atoms with Crippen LogP contribution in [0.1, 0.15) is 12.0 Å². The Kier molecular flexibility index (Phi) is 6.43. The third-order valence-electron chi connectivity index (χ3n) is 2.78. The van der Waals surface area contributed by atoms with Crippen molar-refractivity contribution in [1.82, 2.24) is 0 Å². The van der Waals surface area contributed by atoms with E-state index in [1.807, 2.05) is 42.1 Å². The Hall–Kier alpha value is -0.970. The van der Waals surface area contributed by atoms with E-state index in [1.54, 1.807) is 0 Å². The highest BCUT2D eigenvalue weighted by Crippen LogP contribution is 2.22. The highest BCUT2D eigenvalue weighted by atomic mass is 79.9. The van der Waals surface area contributed by atoms with Gasteiger partial charge < -0.3 is 10.5 Å². The number of nitrogens with two attached hydrogens (primary N) is 1. The molecule has 2 aromatic carbocycles. The second-order valence-corrected chi connectivity index (χ2v) is 6.44. The summed E-state index contributed by atoms with van der Waals surface area (Å²) in [4.78, 5) is 1.28. The molecule has 2 N–H and O–H groups in total. The molecule has 0 amide bonds. The summed E-state index contributed by atoms with van der Waals surface area (Å²) in [7, 11) is 0. The summed E-state index contributed by atoms with van der Waals surface area (Å²) in [5.41, 5.74) is 6.69. The van der Waals surface area contributed by atoms with Crippen LogP contribution in [0.3, 0.4) is 0 Å². The molecule has 0 aliphatic heterocycles. The minimum absolute atomic E-state index is 0.573. The van der Waals surface area contributed by atoms with Crippen LogP contribution in [0, 0.1) is 0 Å². The van der Waals surface area contributed by atoms with E-state index < -0.39 is 0 Å². The maximum absolute atomic E-state index is 5.70. The number of halogens is 1. The van der Waals surface area contributed by atoms with E-state index in [1.165, 1.54) is 4.90 Å². The molecular formula is C16H18BrNOS. The Bertz CT molecular complexity index is 530. The molecule has 0 fully saturated rings. The first kappa shape index (κ1) is 15.4. The molecule has 0 aliphatic rings.